The highest BCUT2D eigenvalue weighted by Crippen LogP contribution is 2.39. The Hall–Kier alpha value is -2.43. The molecule has 0 bridgehead atoms. The molecule has 1 aromatic rings. The molecule has 1 aliphatic carbocycles. The molecule has 2 rings (SSSR count). The van der Waals surface area contributed by atoms with E-state index in [2.05, 4.69) is 32.0 Å². The van der Waals surface area contributed by atoms with Crippen molar-refractivity contribution in [2.45, 2.75) is 78.6 Å². The van der Waals surface area contributed by atoms with Crippen molar-refractivity contribution >= 4 is 18.3 Å². The number of oxime groups is 1. The van der Waals surface area contributed by atoms with Crippen LogP contribution in [-0.2, 0) is 20.8 Å². The van der Waals surface area contributed by atoms with Crippen LogP contribution in [0.2, 0.25) is 0 Å². The maximum atomic E-state index is 12.8. The summed E-state index contributed by atoms with van der Waals surface area (Å²) in [5.74, 6) is 0.220. The molecular weight excluding hydrogens is 366 g/mol. The number of benzene rings is 1. The van der Waals surface area contributed by atoms with Gasteiger partial charge in [0.25, 0.3) is 0 Å². The lowest BCUT2D eigenvalue weighted by Gasteiger charge is -2.28. The fraction of sp³-hybridized carbons (Fsp3) is 0.542. The molecule has 0 aromatic heterocycles. The number of carbonyl (C=O) groups excluding carboxylic acids is 2. The second-order valence-electron chi connectivity index (χ2n) is 7.78. The molecule has 1 unspecified atom stereocenters. The average Bonchev–Trinajstić information content (AvgIpc) is 2.66. The number of aldehydes is 1. The van der Waals surface area contributed by atoms with E-state index in [9.17, 15) is 14.7 Å². The number of unbranched alkanes of at least 4 members (excludes halogenated alkanes) is 1. The van der Waals surface area contributed by atoms with E-state index in [0.29, 0.717) is 44.3 Å². The second kappa shape index (κ2) is 10.9. The Kier molecular flexibility index (Phi) is 8.62. The van der Waals surface area contributed by atoms with Gasteiger partial charge in [-0.3, -0.25) is 4.79 Å². The third-order valence-electron chi connectivity index (χ3n) is 5.71. The summed E-state index contributed by atoms with van der Waals surface area (Å²) < 4.78 is 0. The molecule has 29 heavy (non-hydrogen) atoms. The van der Waals surface area contributed by atoms with Gasteiger partial charge < -0.3 is 14.7 Å². The second-order valence-corrected chi connectivity index (χ2v) is 7.78. The van der Waals surface area contributed by atoms with Gasteiger partial charge in [-0.2, -0.15) is 0 Å². The van der Waals surface area contributed by atoms with Crippen LogP contribution in [0, 0.1) is 20.8 Å². The fourth-order valence-corrected chi connectivity index (χ4v) is 4.43. The number of carbonyl (C=O) groups is 2. The number of Topliss-reactive ketones (excluding diaryl/α,β-unsaturated/α-hetero) is 1. The molecule has 0 fully saturated rings. The number of aliphatic hydroxyl groups is 1. The van der Waals surface area contributed by atoms with Crippen molar-refractivity contribution in [3.8, 4) is 0 Å². The highest BCUT2D eigenvalue weighted by molar-refractivity contribution is 5.97. The number of aryl methyl sites for hydroxylation is 2. The first-order valence-corrected chi connectivity index (χ1v) is 10.5. The minimum Gasteiger partial charge on any atom is -0.512 e. The third kappa shape index (κ3) is 5.78. The van der Waals surface area contributed by atoms with Crippen LogP contribution < -0.4 is 0 Å². The smallest absolute Gasteiger partial charge is 0.162 e. The summed E-state index contributed by atoms with van der Waals surface area (Å²) in [6.45, 7) is 8.66. The molecule has 1 aliphatic rings. The summed E-state index contributed by atoms with van der Waals surface area (Å²) in [5, 5.41) is 14.4. The molecule has 0 heterocycles. The van der Waals surface area contributed by atoms with Gasteiger partial charge in [0.05, 0.1) is 5.76 Å². The third-order valence-corrected chi connectivity index (χ3v) is 5.71. The largest absolute Gasteiger partial charge is 0.512 e. The number of aliphatic hydroxyl groups excluding tert-OH is 1. The topological polar surface area (TPSA) is 76.0 Å². The van der Waals surface area contributed by atoms with Crippen molar-refractivity contribution in [2.24, 2.45) is 5.16 Å². The number of rotatable bonds is 10. The zero-order valence-electron chi connectivity index (χ0n) is 18.1. The predicted octanol–water partition coefficient (Wildman–Crippen LogP) is 5.19. The molecule has 0 spiro atoms. The maximum absolute atomic E-state index is 12.8. The lowest BCUT2D eigenvalue weighted by molar-refractivity contribution is -0.116. The lowest BCUT2D eigenvalue weighted by atomic mass is 9.76. The minimum absolute atomic E-state index is 0.00578. The summed E-state index contributed by atoms with van der Waals surface area (Å²) in [6.07, 6.45) is 6.81. The van der Waals surface area contributed by atoms with E-state index in [0.717, 1.165) is 24.7 Å². The Morgan fingerprint density at radius 1 is 1.17 bits per heavy atom. The maximum Gasteiger partial charge on any atom is 0.162 e. The van der Waals surface area contributed by atoms with Crippen LogP contribution >= 0.6 is 0 Å². The van der Waals surface area contributed by atoms with Crippen molar-refractivity contribution in [1.29, 1.82) is 0 Å². The first-order chi connectivity index (χ1) is 13.9. The van der Waals surface area contributed by atoms with Crippen LogP contribution in [-0.4, -0.2) is 30.0 Å². The molecule has 0 radical (unpaired) electrons. The standard InChI is InChI=1S/C24H33NO4/c1-5-29-25-11-8-10-21-22(27)14-19(15-23(21)28)24-17(3)13-16(2)20(18(24)4)9-6-7-12-26/h11-13,19,27H,5-10,14-15H2,1-4H3. The Labute approximate surface area is 173 Å². The molecule has 0 amide bonds. The van der Waals surface area contributed by atoms with Crippen molar-refractivity contribution in [1.82, 2.24) is 0 Å². The normalized spacial score (nSPS) is 17.2. The summed E-state index contributed by atoms with van der Waals surface area (Å²) in [5.41, 5.74) is 6.56. The molecule has 158 valence electrons. The van der Waals surface area contributed by atoms with Crippen molar-refractivity contribution in [3.05, 3.63) is 45.2 Å². The summed E-state index contributed by atoms with van der Waals surface area (Å²) in [4.78, 5) is 28.4. The van der Waals surface area contributed by atoms with Gasteiger partial charge in [0.15, 0.2) is 5.78 Å². The molecule has 1 atom stereocenters. The number of nitrogens with zero attached hydrogens (tertiary/aromatic N) is 1. The van der Waals surface area contributed by atoms with E-state index >= 15 is 0 Å². The first kappa shape index (κ1) is 22.9. The van der Waals surface area contributed by atoms with Crippen LogP contribution in [0.15, 0.2) is 22.6 Å². The molecule has 5 nitrogen and oxygen atoms in total. The zero-order valence-corrected chi connectivity index (χ0v) is 18.1. The van der Waals surface area contributed by atoms with Gasteiger partial charge in [0.2, 0.25) is 0 Å². The van der Waals surface area contributed by atoms with Crippen LogP contribution in [0.4, 0.5) is 0 Å². The van der Waals surface area contributed by atoms with Crippen LogP contribution in [0.1, 0.15) is 79.2 Å². The molecule has 5 heteroatoms. The Morgan fingerprint density at radius 2 is 1.93 bits per heavy atom. The van der Waals surface area contributed by atoms with E-state index in [4.69, 9.17) is 4.84 Å². The lowest BCUT2D eigenvalue weighted by Crippen LogP contribution is -2.20. The van der Waals surface area contributed by atoms with E-state index in [-0.39, 0.29) is 17.5 Å². The fourth-order valence-electron chi connectivity index (χ4n) is 4.43. The molecule has 0 saturated heterocycles. The Bertz CT molecular complexity index is 808. The monoisotopic (exact) mass is 399 g/mol. The number of ketones is 1. The molecule has 0 aliphatic heterocycles. The van der Waals surface area contributed by atoms with Crippen LogP contribution in [0.5, 0.6) is 0 Å². The number of hydrogen-bond acceptors (Lipinski definition) is 5. The number of allylic oxidation sites excluding steroid dienone is 2. The minimum atomic E-state index is -0.00578. The van der Waals surface area contributed by atoms with E-state index in [1.165, 1.54) is 22.3 Å². The summed E-state index contributed by atoms with van der Waals surface area (Å²) >= 11 is 0. The quantitative estimate of drug-likeness (QED) is 0.254. The predicted molar refractivity (Wildman–Crippen MR) is 116 cm³/mol. The van der Waals surface area contributed by atoms with Gasteiger partial charge >= 0.3 is 0 Å². The summed E-state index contributed by atoms with van der Waals surface area (Å²) in [6, 6.07) is 2.17. The first-order valence-electron chi connectivity index (χ1n) is 10.5. The highest BCUT2D eigenvalue weighted by Gasteiger charge is 2.30. The van der Waals surface area contributed by atoms with Gasteiger partial charge in [-0.1, -0.05) is 11.2 Å². The molecule has 1 aromatic carbocycles. The molecule has 1 N–H and O–H groups in total. The van der Waals surface area contributed by atoms with Gasteiger partial charge in [-0.05, 0) is 87.1 Å². The van der Waals surface area contributed by atoms with Gasteiger partial charge in [0, 0.05) is 31.1 Å². The highest BCUT2D eigenvalue weighted by atomic mass is 16.6. The zero-order chi connectivity index (χ0) is 21.4. The average molecular weight is 400 g/mol. The van der Waals surface area contributed by atoms with Crippen molar-refractivity contribution in [3.63, 3.8) is 0 Å². The Balaban J connectivity index is 2.22. The Morgan fingerprint density at radius 3 is 2.59 bits per heavy atom. The van der Waals surface area contributed by atoms with Gasteiger partial charge in [0.1, 0.15) is 12.9 Å². The molecule has 0 saturated carbocycles. The number of hydrogen-bond donors (Lipinski definition) is 1. The van der Waals surface area contributed by atoms with E-state index in [1.807, 2.05) is 6.92 Å². The van der Waals surface area contributed by atoms with Crippen LogP contribution in [0.3, 0.4) is 0 Å². The van der Waals surface area contributed by atoms with Crippen LogP contribution in [0.25, 0.3) is 0 Å². The van der Waals surface area contributed by atoms with E-state index < -0.39 is 0 Å². The SMILES string of the molecule is CCON=CCCC1=C(O)CC(c2c(C)cc(C)c(CCCC=O)c2C)CC1=O. The van der Waals surface area contributed by atoms with Gasteiger partial charge in [-0.15, -0.1) is 0 Å². The van der Waals surface area contributed by atoms with Crippen molar-refractivity contribution in [2.75, 3.05) is 6.61 Å². The van der Waals surface area contributed by atoms with Crippen molar-refractivity contribution < 1.29 is 19.5 Å². The van der Waals surface area contributed by atoms with Gasteiger partial charge in [-0.25, -0.2) is 0 Å². The summed E-state index contributed by atoms with van der Waals surface area (Å²) in [7, 11) is 0. The van der Waals surface area contributed by atoms with E-state index in [1.54, 1.807) is 6.21 Å². The molecular formula is C24H33NO4.